The molecule has 0 bridgehead atoms. The number of amides is 2. The standard InChI is InChI=1S/C22H18FN5O2S/c1-14(29)25-17-6-7-18(19(23)10-17)20-12-31-22(26-20)27-21(30)16-4-2-15(3-5-16)11-28-9-8-24-13-28/h2-10,12-13H,11H2,1H3,(H,25,29)(H,26,27,30). The average Bonchev–Trinajstić information content (AvgIpc) is 3.40. The van der Waals surface area contributed by atoms with Gasteiger partial charge in [0.05, 0.1) is 12.0 Å². The van der Waals surface area contributed by atoms with Gasteiger partial charge in [-0.15, -0.1) is 11.3 Å². The van der Waals surface area contributed by atoms with Crippen LogP contribution in [0.15, 0.2) is 66.6 Å². The van der Waals surface area contributed by atoms with E-state index in [4.69, 9.17) is 0 Å². The Morgan fingerprint density at radius 3 is 2.61 bits per heavy atom. The molecule has 31 heavy (non-hydrogen) atoms. The molecule has 4 rings (SSSR count). The first-order valence-electron chi connectivity index (χ1n) is 9.37. The molecule has 2 aromatic heterocycles. The van der Waals surface area contributed by atoms with Gasteiger partial charge in [-0.3, -0.25) is 14.9 Å². The van der Waals surface area contributed by atoms with Gasteiger partial charge in [0.2, 0.25) is 5.91 Å². The maximum atomic E-state index is 14.4. The molecule has 0 spiro atoms. The van der Waals surface area contributed by atoms with Crippen LogP contribution < -0.4 is 10.6 Å². The molecular weight excluding hydrogens is 417 g/mol. The predicted molar refractivity (Wildman–Crippen MR) is 118 cm³/mol. The molecule has 7 nitrogen and oxygen atoms in total. The van der Waals surface area contributed by atoms with Crippen LogP contribution in [0.2, 0.25) is 0 Å². The van der Waals surface area contributed by atoms with Gasteiger partial charge in [-0.2, -0.15) is 0 Å². The van der Waals surface area contributed by atoms with Gasteiger partial charge in [0, 0.05) is 48.1 Å². The first-order chi connectivity index (χ1) is 15.0. The normalized spacial score (nSPS) is 10.6. The number of imidazole rings is 1. The van der Waals surface area contributed by atoms with Crippen LogP contribution in [0.25, 0.3) is 11.3 Å². The topological polar surface area (TPSA) is 88.9 Å². The van der Waals surface area contributed by atoms with Crippen LogP contribution in [0.5, 0.6) is 0 Å². The third kappa shape index (κ3) is 5.01. The molecule has 2 aromatic carbocycles. The second-order valence-electron chi connectivity index (χ2n) is 6.80. The highest BCUT2D eigenvalue weighted by Crippen LogP contribution is 2.29. The Morgan fingerprint density at radius 2 is 1.94 bits per heavy atom. The smallest absolute Gasteiger partial charge is 0.257 e. The molecule has 4 aromatic rings. The number of anilines is 2. The van der Waals surface area contributed by atoms with E-state index in [0.29, 0.717) is 28.6 Å². The van der Waals surface area contributed by atoms with Crippen molar-refractivity contribution in [3.63, 3.8) is 0 Å². The van der Waals surface area contributed by atoms with Gasteiger partial charge in [0.15, 0.2) is 5.13 Å². The van der Waals surface area contributed by atoms with Gasteiger partial charge in [0.25, 0.3) is 5.91 Å². The van der Waals surface area contributed by atoms with Crippen LogP contribution in [-0.4, -0.2) is 26.3 Å². The van der Waals surface area contributed by atoms with E-state index in [1.165, 1.54) is 24.3 Å². The maximum absolute atomic E-state index is 14.4. The predicted octanol–water partition coefficient (Wildman–Crippen LogP) is 4.40. The zero-order valence-electron chi connectivity index (χ0n) is 16.5. The van der Waals surface area contributed by atoms with Crippen molar-refractivity contribution in [3.05, 3.63) is 83.5 Å². The molecule has 0 saturated heterocycles. The summed E-state index contributed by atoms with van der Waals surface area (Å²) in [6.45, 7) is 2.03. The molecule has 156 valence electrons. The summed E-state index contributed by atoms with van der Waals surface area (Å²) in [5, 5.41) is 7.31. The Balaban J connectivity index is 1.42. The molecule has 0 saturated carbocycles. The second kappa shape index (κ2) is 8.88. The van der Waals surface area contributed by atoms with Crippen molar-refractivity contribution in [2.75, 3.05) is 10.6 Å². The highest BCUT2D eigenvalue weighted by Gasteiger charge is 2.13. The fourth-order valence-electron chi connectivity index (χ4n) is 2.98. The fraction of sp³-hybridized carbons (Fsp3) is 0.0909. The summed E-state index contributed by atoms with van der Waals surface area (Å²) in [4.78, 5) is 32.0. The highest BCUT2D eigenvalue weighted by molar-refractivity contribution is 7.14. The van der Waals surface area contributed by atoms with E-state index in [1.807, 2.05) is 22.9 Å². The van der Waals surface area contributed by atoms with Crippen molar-refractivity contribution >= 4 is 34.0 Å². The zero-order chi connectivity index (χ0) is 21.8. The lowest BCUT2D eigenvalue weighted by Gasteiger charge is -2.06. The van der Waals surface area contributed by atoms with E-state index in [-0.39, 0.29) is 17.4 Å². The summed E-state index contributed by atoms with van der Waals surface area (Å²) in [5.41, 5.74) is 2.60. The zero-order valence-corrected chi connectivity index (χ0v) is 17.3. The number of hydrogen-bond acceptors (Lipinski definition) is 5. The molecule has 0 aliphatic heterocycles. The Kier molecular flexibility index (Phi) is 5.85. The van der Waals surface area contributed by atoms with E-state index in [9.17, 15) is 14.0 Å². The summed E-state index contributed by atoms with van der Waals surface area (Å²) in [6, 6.07) is 11.6. The number of hydrogen-bond donors (Lipinski definition) is 2. The molecular formula is C22H18FN5O2S. The van der Waals surface area contributed by atoms with Crippen LogP contribution in [0, 0.1) is 5.82 Å². The minimum absolute atomic E-state index is 0.277. The van der Waals surface area contributed by atoms with Crippen molar-refractivity contribution in [1.29, 1.82) is 0 Å². The monoisotopic (exact) mass is 435 g/mol. The number of carbonyl (C=O) groups excluding carboxylic acids is 2. The van der Waals surface area contributed by atoms with Crippen LogP contribution >= 0.6 is 11.3 Å². The van der Waals surface area contributed by atoms with Crippen molar-refractivity contribution in [2.24, 2.45) is 0 Å². The third-order valence-electron chi connectivity index (χ3n) is 4.43. The number of halogens is 1. The minimum atomic E-state index is -0.511. The lowest BCUT2D eigenvalue weighted by Crippen LogP contribution is -2.11. The Hall–Kier alpha value is -3.85. The number of benzene rings is 2. The molecule has 0 aliphatic carbocycles. The van der Waals surface area contributed by atoms with Crippen molar-refractivity contribution in [2.45, 2.75) is 13.5 Å². The summed E-state index contributed by atoms with van der Waals surface area (Å²) < 4.78 is 16.4. The van der Waals surface area contributed by atoms with Crippen molar-refractivity contribution in [1.82, 2.24) is 14.5 Å². The maximum Gasteiger partial charge on any atom is 0.257 e. The number of carbonyl (C=O) groups is 2. The van der Waals surface area contributed by atoms with Gasteiger partial charge in [-0.05, 0) is 35.9 Å². The van der Waals surface area contributed by atoms with E-state index in [1.54, 1.807) is 42.2 Å². The number of nitrogens with zero attached hydrogens (tertiary/aromatic N) is 3. The van der Waals surface area contributed by atoms with Crippen LogP contribution in [0.1, 0.15) is 22.8 Å². The summed E-state index contributed by atoms with van der Waals surface area (Å²) >= 11 is 1.21. The molecule has 2 heterocycles. The van der Waals surface area contributed by atoms with Gasteiger partial charge in [0.1, 0.15) is 5.82 Å². The number of nitrogens with one attached hydrogen (secondary N) is 2. The van der Waals surface area contributed by atoms with Gasteiger partial charge in [-0.1, -0.05) is 12.1 Å². The molecule has 0 radical (unpaired) electrons. The van der Waals surface area contributed by atoms with Crippen molar-refractivity contribution in [3.8, 4) is 11.3 Å². The SMILES string of the molecule is CC(=O)Nc1ccc(-c2csc(NC(=O)c3ccc(Cn4ccnc4)cc3)n2)c(F)c1. The Bertz CT molecular complexity index is 1220. The van der Waals surface area contributed by atoms with E-state index in [2.05, 4.69) is 20.6 Å². The lowest BCUT2D eigenvalue weighted by molar-refractivity contribution is -0.114. The van der Waals surface area contributed by atoms with E-state index < -0.39 is 5.82 Å². The largest absolute Gasteiger partial charge is 0.333 e. The van der Waals surface area contributed by atoms with Crippen LogP contribution in [0.4, 0.5) is 15.2 Å². The first kappa shape index (κ1) is 20.4. The van der Waals surface area contributed by atoms with Gasteiger partial charge in [-0.25, -0.2) is 14.4 Å². The molecule has 0 fully saturated rings. The molecule has 0 atom stereocenters. The van der Waals surface area contributed by atoms with Gasteiger partial charge >= 0.3 is 0 Å². The first-order valence-corrected chi connectivity index (χ1v) is 10.2. The van der Waals surface area contributed by atoms with Crippen LogP contribution in [-0.2, 0) is 11.3 Å². The number of thiazole rings is 1. The van der Waals surface area contributed by atoms with Crippen molar-refractivity contribution < 1.29 is 14.0 Å². The van der Waals surface area contributed by atoms with E-state index >= 15 is 0 Å². The Labute approximate surface area is 181 Å². The summed E-state index contributed by atoms with van der Waals surface area (Å²) in [7, 11) is 0. The molecule has 2 N–H and O–H groups in total. The quantitative estimate of drug-likeness (QED) is 0.470. The molecule has 0 aliphatic rings. The highest BCUT2D eigenvalue weighted by atomic mass is 32.1. The molecule has 9 heteroatoms. The van der Waals surface area contributed by atoms with E-state index in [0.717, 1.165) is 5.56 Å². The Morgan fingerprint density at radius 1 is 1.13 bits per heavy atom. The summed E-state index contributed by atoms with van der Waals surface area (Å²) in [5.74, 6) is -1.08. The third-order valence-corrected chi connectivity index (χ3v) is 5.19. The minimum Gasteiger partial charge on any atom is -0.333 e. The summed E-state index contributed by atoms with van der Waals surface area (Å²) in [6.07, 6.45) is 5.32. The van der Waals surface area contributed by atoms with Crippen LogP contribution in [0.3, 0.4) is 0 Å². The average molecular weight is 435 g/mol. The second-order valence-corrected chi connectivity index (χ2v) is 7.66. The molecule has 2 amide bonds. The number of rotatable bonds is 6. The molecule has 0 unspecified atom stereocenters. The van der Waals surface area contributed by atoms with Gasteiger partial charge < -0.3 is 9.88 Å². The number of aromatic nitrogens is 3. The lowest BCUT2D eigenvalue weighted by atomic mass is 10.1. The fourth-order valence-corrected chi connectivity index (χ4v) is 3.69.